The largest absolute Gasteiger partial charge is 0.481 e. The van der Waals surface area contributed by atoms with Crippen LogP contribution in [0.3, 0.4) is 0 Å². The number of hydrogen-bond acceptors (Lipinski definition) is 3. The lowest BCUT2D eigenvalue weighted by Crippen LogP contribution is -2.46. The number of hydrogen-bond donors (Lipinski definition) is 2. The smallest absolute Gasteiger partial charge is 0.308 e. The minimum absolute atomic E-state index is 0.0301. The highest BCUT2D eigenvalue weighted by Crippen LogP contribution is 2.23. The number of nitrogens with zero attached hydrogens (tertiary/aromatic N) is 1. The van der Waals surface area contributed by atoms with Gasteiger partial charge in [-0.2, -0.15) is 0 Å². The van der Waals surface area contributed by atoms with E-state index in [0.717, 1.165) is 19.4 Å². The normalized spacial score (nSPS) is 33.7. The van der Waals surface area contributed by atoms with Crippen molar-refractivity contribution in [3.63, 3.8) is 0 Å². The molecule has 0 radical (unpaired) electrons. The van der Waals surface area contributed by atoms with Gasteiger partial charge in [0.05, 0.1) is 11.8 Å². The first-order chi connectivity index (χ1) is 8.09. The zero-order valence-electron chi connectivity index (χ0n) is 10.2. The van der Waals surface area contributed by atoms with Gasteiger partial charge in [0.25, 0.3) is 0 Å². The van der Waals surface area contributed by atoms with Gasteiger partial charge in [-0.1, -0.05) is 0 Å². The van der Waals surface area contributed by atoms with Crippen molar-refractivity contribution in [3.05, 3.63) is 0 Å². The standard InChI is InChI=1S/C12H20N2O3/c1-8-10(4-5-13-8)11(15)14-6-2-3-9(7-14)12(16)17/h8-10,13H,2-7H2,1H3,(H,16,17)/t8?,9-,10?/m1/s1. The van der Waals surface area contributed by atoms with Gasteiger partial charge in [0.2, 0.25) is 5.91 Å². The van der Waals surface area contributed by atoms with Crippen molar-refractivity contribution in [1.29, 1.82) is 0 Å². The number of nitrogens with one attached hydrogen (secondary N) is 1. The van der Waals surface area contributed by atoms with Gasteiger partial charge in [0.15, 0.2) is 0 Å². The fourth-order valence-electron chi connectivity index (χ4n) is 2.81. The van der Waals surface area contributed by atoms with E-state index < -0.39 is 5.97 Å². The van der Waals surface area contributed by atoms with Crippen molar-refractivity contribution in [2.45, 2.75) is 32.2 Å². The maximum atomic E-state index is 12.3. The maximum absolute atomic E-state index is 12.3. The molecule has 0 spiro atoms. The van der Waals surface area contributed by atoms with Crippen LogP contribution in [0.5, 0.6) is 0 Å². The molecular formula is C12H20N2O3. The highest BCUT2D eigenvalue weighted by Gasteiger charge is 2.35. The lowest BCUT2D eigenvalue weighted by atomic mass is 9.94. The average molecular weight is 240 g/mol. The van der Waals surface area contributed by atoms with Crippen molar-refractivity contribution >= 4 is 11.9 Å². The quantitative estimate of drug-likeness (QED) is 0.728. The second kappa shape index (κ2) is 5.04. The molecule has 3 atom stereocenters. The van der Waals surface area contributed by atoms with Gasteiger partial charge < -0.3 is 15.3 Å². The fourth-order valence-corrected chi connectivity index (χ4v) is 2.81. The summed E-state index contributed by atoms with van der Waals surface area (Å²) >= 11 is 0. The van der Waals surface area contributed by atoms with Crippen molar-refractivity contribution < 1.29 is 14.7 Å². The van der Waals surface area contributed by atoms with Crippen LogP contribution >= 0.6 is 0 Å². The molecule has 1 amide bonds. The molecule has 0 aromatic carbocycles. The minimum Gasteiger partial charge on any atom is -0.481 e. The Kier molecular flexibility index (Phi) is 3.66. The van der Waals surface area contributed by atoms with Crippen LogP contribution in [0.25, 0.3) is 0 Å². The lowest BCUT2D eigenvalue weighted by molar-refractivity contribution is -0.146. The predicted molar refractivity (Wildman–Crippen MR) is 62.5 cm³/mol. The van der Waals surface area contributed by atoms with Gasteiger partial charge in [-0.15, -0.1) is 0 Å². The van der Waals surface area contributed by atoms with E-state index in [9.17, 15) is 9.59 Å². The minimum atomic E-state index is -0.778. The Morgan fingerprint density at radius 2 is 2.12 bits per heavy atom. The topological polar surface area (TPSA) is 69.6 Å². The van der Waals surface area contributed by atoms with Gasteiger partial charge in [-0.25, -0.2) is 0 Å². The zero-order chi connectivity index (χ0) is 12.4. The number of carbonyl (C=O) groups is 2. The number of amides is 1. The Morgan fingerprint density at radius 3 is 2.71 bits per heavy atom. The van der Waals surface area contributed by atoms with E-state index in [1.54, 1.807) is 4.90 Å². The van der Waals surface area contributed by atoms with Crippen LogP contribution in [0.2, 0.25) is 0 Å². The summed E-state index contributed by atoms with van der Waals surface area (Å²) in [7, 11) is 0. The highest BCUT2D eigenvalue weighted by atomic mass is 16.4. The van der Waals surface area contributed by atoms with Crippen LogP contribution in [0.15, 0.2) is 0 Å². The first kappa shape index (κ1) is 12.4. The van der Waals surface area contributed by atoms with Crippen LogP contribution in [-0.4, -0.2) is 47.6 Å². The van der Waals surface area contributed by atoms with Crippen molar-refractivity contribution in [3.8, 4) is 0 Å². The Hall–Kier alpha value is -1.10. The molecule has 2 N–H and O–H groups in total. The first-order valence-electron chi connectivity index (χ1n) is 6.34. The van der Waals surface area contributed by atoms with Crippen LogP contribution in [0.4, 0.5) is 0 Å². The summed E-state index contributed by atoms with van der Waals surface area (Å²) in [5.41, 5.74) is 0. The first-order valence-corrected chi connectivity index (χ1v) is 6.34. The highest BCUT2D eigenvalue weighted by molar-refractivity contribution is 5.81. The molecule has 2 rings (SSSR count). The fraction of sp³-hybridized carbons (Fsp3) is 0.833. The molecule has 2 unspecified atom stereocenters. The summed E-state index contributed by atoms with van der Waals surface area (Å²) in [6.07, 6.45) is 2.36. The SMILES string of the molecule is CC1NCCC1C(=O)N1CCC[C@@H](C(=O)O)C1. The van der Waals surface area contributed by atoms with Crippen molar-refractivity contribution in [1.82, 2.24) is 10.2 Å². The van der Waals surface area contributed by atoms with Gasteiger partial charge in [-0.3, -0.25) is 9.59 Å². The van der Waals surface area contributed by atoms with Crippen LogP contribution in [0.1, 0.15) is 26.2 Å². The van der Waals surface area contributed by atoms with Crippen LogP contribution < -0.4 is 5.32 Å². The van der Waals surface area contributed by atoms with Gasteiger partial charge in [-0.05, 0) is 32.7 Å². The number of rotatable bonds is 2. The summed E-state index contributed by atoms with van der Waals surface area (Å²) in [4.78, 5) is 25.0. The maximum Gasteiger partial charge on any atom is 0.308 e. The van der Waals surface area contributed by atoms with Crippen LogP contribution in [-0.2, 0) is 9.59 Å². The summed E-state index contributed by atoms with van der Waals surface area (Å²) in [6, 6.07) is 0.215. The molecule has 2 fully saturated rings. The van der Waals surface area contributed by atoms with E-state index >= 15 is 0 Å². The molecule has 2 saturated heterocycles. The van der Waals surface area contributed by atoms with E-state index in [2.05, 4.69) is 5.32 Å². The average Bonchev–Trinajstić information content (AvgIpc) is 2.74. The Labute approximate surface area is 101 Å². The number of carboxylic acids is 1. The Bertz CT molecular complexity index is 319. The second-order valence-corrected chi connectivity index (χ2v) is 5.10. The molecule has 0 saturated carbocycles. The number of aliphatic carboxylic acids is 1. The Balaban J connectivity index is 1.97. The molecule has 2 aliphatic heterocycles. The van der Waals surface area contributed by atoms with Gasteiger partial charge >= 0.3 is 5.97 Å². The molecule has 5 heteroatoms. The third-order valence-electron chi connectivity index (χ3n) is 3.92. The number of piperidine rings is 1. The summed E-state index contributed by atoms with van der Waals surface area (Å²) < 4.78 is 0. The van der Waals surface area contributed by atoms with E-state index in [1.807, 2.05) is 6.92 Å². The summed E-state index contributed by atoms with van der Waals surface area (Å²) in [5, 5.41) is 12.3. The van der Waals surface area contributed by atoms with E-state index in [4.69, 9.17) is 5.11 Å². The van der Waals surface area contributed by atoms with E-state index in [-0.39, 0.29) is 23.8 Å². The molecule has 96 valence electrons. The molecule has 0 aliphatic carbocycles. The number of carboxylic acid groups (broad SMARTS) is 1. The summed E-state index contributed by atoms with van der Waals surface area (Å²) in [6.45, 7) is 4.01. The lowest BCUT2D eigenvalue weighted by Gasteiger charge is -2.33. The molecule has 0 aromatic heterocycles. The number of likely N-dealkylation sites (tertiary alicyclic amines) is 1. The van der Waals surface area contributed by atoms with E-state index in [1.165, 1.54) is 0 Å². The third kappa shape index (κ3) is 2.60. The predicted octanol–water partition coefficient (Wildman–Crippen LogP) is 0.308. The molecule has 5 nitrogen and oxygen atoms in total. The molecule has 0 bridgehead atoms. The summed E-state index contributed by atoms with van der Waals surface area (Å²) in [5.74, 6) is -0.992. The molecule has 2 aliphatic rings. The monoisotopic (exact) mass is 240 g/mol. The third-order valence-corrected chi connectivity index (χ3v) is 3.92. The van der Waals surface area contributed by atoms with Crippen molar-refractivity contribution in [2.75, 3.05) is 19.6 Å². The zero-order valence-corrected chi connectivity index (χ0v) is 10.2. The second-order valence-electron chi connectivity index (χ2n) is 5.10. The molecule has 2 heterocycles. The van der Waals surface area contributed by atoms with Gasteiger partial charge in [0.1, 0.15) is 0 Å². The molecule has 17 heavy (non-hydrogen) atoms. The molecular weight excluding hydrogens is 220 g/mol. The van der Waals surface area contributed by atoms with E-state index in [0.29, 0.717) is 19.5 Å². The number of carbonyl (C=O) groups excluding carboxylic acids is 1. The van der Waals surface area contributed by atoms with Crippen LogP contribution in [0, 0.1) is 11.8 Å². The van der Waals surface area contributed by atoms with Crippen molar-refractivity contribution in [2.24, 2.45) is 11.8 Å². The van der Waals surface area contributed by atoms with Gasteiger partial charge in [0, 0.05) is 19.1 Å². The molecule has 0 aromatic rings. The Morgan fingerprint density at radius 1 is 1.35 bits per heavy atom.